The third-order valence-corrected chi connectivity index (χ3v) is 1.55. The number of hydrogen-bond donors (Lipinski definition) is 0. The molecule has 62 valence electrons. The summed E-state index contributed by atoms with van der Waals surface area (Å²) in [6, 6.07) is 8.03. The quantitative estimate of drug-likeness (QED) is 0.587. The van der Waals surface area contributed by atoms with Gasteiger partial charge in [-0.1, -0.05) is 24.3 Å². The summed E-state index contributed by atoms with van der Waals surface area (Å²) in [7, 11) is 0. The smallest absolute Gasteiger partial charge is 0.126 e. The van der Waals surface area contributed by atoms with Gasteiger partial charge in [0.05, 0.1) is 0 Å². The molecule has 1 heterocycles. The first-order valence-electron chi connectivity index (χ1n) is 3.35. The predicted octanol–water partition coefficient (Wildman–Crippen LogP) is 1.61. The molecule has 1 aliphatic heterocycles. The molecule has 1 aliphatic rings. The molecular formula is C9H8MnNO. The van der Waals surface area contributed by atoms with Crippen molar-refractivity contribution in [2.45, 2.75) is 0 Å². The number of fused-ring (bicyclic) bond motifs is 1. The second kappa shape index (κ2) is 4.99. The van der Waals surface area contributed by atoms with Gasteiger partial charge < -0.3 is 4.74 Å². The average Bonchev–Trinajstić information content (AvgIpc) is 2.05. The van der Waals surface area contributed by atoms with E-state index >= 15 is 0 Å². The number of hydrogen-bond acceptors (Lipinski definition) is 1. The Balaban J connectivity index is 0.000000605. The number of rotatable bonds is 0. The second-order valence-electron chi connectivity index (χ2n) is 2.25. The summed E-state index contributed by atoms with van der Waals surface area (Å²) in [6.45, 7) is 0.705. The van der Waals surface area contributed by atoms with Gasteiger partial charge in [-0.2, -0.15) is 0 Å². The van der Waals surface area contributed by atoms with Gasteiger partial charge in [-0.05, 0) is 12.1 Å². The molecule has 0 unspecified atom stereocenters. The topological polar surface area (TPSA) is 39.7 Å². The molecule has 0 atom stereocenters. The summed E-state index contributed by atoms with van der Waals surface area (Å²) >= 11 is 0. The summed E-state index contributed by atoms with van der Waals surface area (Å²) in [5.41, 5.74) is 1.17. The number of nitrogens with zero attached hydrogens (tertiary/aromatic N) is 1. The minimum absolute atomic E-state index is 0. The predicted molar refractivity (Wildman–Crippen MR) is 43.1 cm³/mol. The van der Waals surface area contributed by atoms with Gasteiger partial charge in [0.1, 0.15) is 12.4 Å². The van der Waals surface area contributed by atoms with E-state index in [1.165, 1.54) is 5.56 Å². The van der Waals surface area contributed by atoms with E-state index in [9.17, 15) is 0 Å². The van der Waals surface area contributed by atoms with Crippen LogP contribution >= 0.6 is 0 Å². The van der Waals surface area contributed by atoms with Crippen LogP contribution in [0.4, 0.5) is 0 Å². The molecule has 0 amide bonds. The van der Waals surface area contributed by atoms with Crippen LogP contribution in [0.2, 0.25) is 0 Å². The SMILES string of the molecule is C1=Cc2ccccc2OC1.[Mn].[N]. The van der Waals surface area contributed by atoms with E-state index in [2.05, 4.69) is 6.08 Å². The van der Waals surface area contributed by atoms with Gasteiger partial charge in [0.25, 0.3) is 0 Å². The maximum Gasteiger partial charge on any atom is 0.126 e. The van der Waals surface area contributed by atoms with Crippen molar-refractivity contribution in [3.63, 3.8) is 0 Å². The Morgan fingerprint density at radius 1 is 1.17 bits per heavy atom. The normalized spacial score (nSPS) is 11.7. The Bertz CT molecular complexity index is 273. The number of ether oxygens (including phenoxy) is 1. The van der Waals surface area contributed by atoms with Gasteiger partial charge in [0.2, 0.25) is 0 Å². The van der Waals surface area contributed by atoms with Crippen molar-refractivity contribution in [1.29, 1.82) is 0 Å². The molecule has 3 heteroatoms. The van der Waals surface area contributed by atoms with Gasteiger partial charge in [0, 0.05) is 28.8 Å². The van der Waals surface area contributed by atoms with Gasteiger partial charge >= 0.3 is 0 Å². The zero-order valence-electron chi connectivity index (χ0n) is 6.40. The zero-order valence-corrected chi connectivity index (χ0v) is 7.59. The first kappa shape index (κ1) is 11.2. The molecule has 0 spiro atoms. The van der Waals surface area contributed by atoms with E-state index in [4.69, 9.17) is 4.74 Å². The Morgan fingerprint density at radius 3 is 2.67 bits per heavy atom. The standard InChI is InChI=1S/C9H8O.Mn.N/c1-2-6-9-8(4-1)5-3-7-10-9;;/h1-6H,7H2;;. The molecule has 0 aromatic heterocycles. The fraction of sp³-hybridized carbons (Fsp3) is 0.111. The van der Waals surface area contributed by atoms with Crippen LogP contribution in [-0.4, -0.2) is 6.61 Å². The van der Waals surface area contributed by atoms with Crippen molar-refractivity contribution in [2.24, 2.45) is 0 Å². The Morgan fingerprint density at radius 2 is 1.92 bits per heavy atom. The van der Waals surface area contributed by atoms with E-state index in [0.717, 1.165) is 5.75 Å². The van der Waals surface area contributed by atoms with Crippen molar-refractivity contribution in [3.05, 3.63) is 35.9 Å². The molecule has 4 radical (unpaired) electrons. The number of benzene rings is 1. The Hall–Kier alpha value is -0.761. The van der Waals surface area contributed by atoms with Crippen molar-refractivity contribution in [3.8, 4) is 5.75 Å². The minimum Gasteiger partial charge on any atom is -0.489 e. The fourth-order valence-electron chi connectivity index (χ4n) is 1.06. The third-order valence-electron chi connectivity index (χ3n) is 1.55. The molecule has 0 saturated carbocycles. The molecule has 2 rings (SSSR count). The number of para-hydroxylation sites is 1. The van der Waals surface area contributed by atoms with Crippen molar-refractivity contribution in [1.82, 2.24) is 6.15 Å². The van der Waals surface area contributed by atoms with Crippen LogP contribution in [0.25, 0.3) is 6.08 Å². The minimum atomic E-state index is 0. The molecular weight excluding hydrogens is 193 g/mol. The van der Waals surface area contributed by atoms with Gasteiger partial charge in [0.15, 0.2) is 0 Å². The van der Waals surface area contributed by atoms with Crippen LogP contribution in [0.1, 0.15) is 5.56 Å². The van der Waals surface area contributed by atoms with E-state index in [1.54, 1.807) is 0 Å². The van der Waals surface area contributed by atoms with E-state index in [-0.39, 0.29) is 23.2 Å². The molecule has 1 aromatic rings. The fourth-order valence-corrected chi connectivity index (χ4v) is 1.06. The van der Waals surface area contributed by atoms with E-state index < -0.39 is 0 Å². The molecule has 0 bridgehead atoms. The molecule has 0 saturated heterocycles. The summed E-state index contributed by atoms with van der Waals surface area (Å²) in [4.78, 5) is 0. The largest absolute Gasteiger partial charge is 0.489 e. The van der Waals surface area contributed by atoms with Crippen LogP contribution in [0.15, 0.2) is 30.3 Å². The summed E-state index contributed by atoms with van der Waals surface area (Å²) in [5, 5.41) is 0. The van der Waals surface area contributed by atoms with Crippen LogP contribution in [-0.2, 0) is 17.1 Å². The maximum absolute atomic E-state index is 5.34. The Labute approximate surface area is 82.7 Å². The summed E-state index contributed by atoms with van der Waals surface area (Å²) < 4.78 is 5.34. The van der Waals surface area contributed by atoms with E-state index in [0.29, 0.717) is 6.61 Å². The van der Waals surface area contributed by atoms with Crippen LogP contribution in [0, 0.1) is 0 Å². The van der Waals surface area contributed by atoms with Gasteiger partial charge in [-0.3, -0.25) is 0 Å². The van der Waals surface area contributed by atoms with Crippen LogP contribution in [0.3, 0.4) is 0 Å². The molecule has 12 heavy (non-hydrogen) atoms. The average molecular weight is 201 g/mol. The van der Waals surface area contributed by atoms with Crippen molar-refractivity contribution >= 4 is 6.08 Å². The molecule has 0 aliphatic carbocycles. The second-order valence-corrected chi connectivity index (χ2v) is 2.25. The monoisotopic (exact) mass is 201 g/mol. The van der Waals surface area contributed by atoms with Crippen LogP contribution < -0.4 is 10.9 Å². The summed E-state index contributed by atoms with van der Waals surface area (Å²) in [6.07, 6.45) is 4.10. The molecule has 0 N–H and O–H groups in total. The van der Waals surface area contributed by atoms with E-state index in [1.807, 2.05) is 30.3 Å². The van der Waals surface area contributed by atoms with Gasteiger partial charge in [-0.25, -0.2) is 0 Å². The Kier molecular flexibility index (Phi) is 4.67. The molecule has 2 nitrogen and oxygen atoms in total. The zero-order chi connectivity index (χ0) is 6.81. The molecule has 1 aromatic carbocycles. The van der Waals surface area contributed by atoms with Gasteiger partial charge in [-0.15, -0.1) is 0 Å². The first-order valence-corrected chi connectivity index (χ1v) is 3.35. The summed E-state index contributed by atoms with van der Waals surface area (Å²) in [5.74, 6) is 0.991. The third kappa shape index (κ3) is 2.11. The van der Waals surface area contributed by atoms with Crippen molar-refractivity contribution in [2.75, 3.05) is 6.61 Å². The first-order chi connectivity index (χ1) is 4.97. The van der Waals surface area contributed by atoms with Crippen molar-refractivity contribution < 1.29 is 21.8 Å². The molecule has 0 fully saturated rings. The van der Waals surface area contributed by atoms with Crippen LogP contribution in [0.5, 0.6) is 5.75 Å². The maximum atomic E-state index is 5.34.